The molecule has 21 heavy (non-hydrogen) atoms. The lowest BCUT2D eigenvalue weighted by atomic mass is 9.81. The Labute approximate surface area is 127 Å². The third kappa shape index (κ3) is 3.42. The van der Waals surface area contributed by atoms with Crippen LogP contribution in [0.1, 0.15) is 39.3 Å². The summed E-state index contributed by atoms with van der Waals surface area (Å²) in [4.78, 5) is 4.41. The minimum Gasteiger partial charge on any atom is -0.376 e. The van der Waals surface area contributed by atoms with Gasteiger partial charge in [0.1, 0.15) is 0 Å². The van der Waals surface area contributed by atoms with E-state index in [1.165, 1.54) is 16.3 Å². The summed E-state index contributed by atoms with van der Waals surface area (Å²) in [6.07, 6.45) is 3.96. The van der Waals surface area contributed by atoms with Crippen molar-refractivity contribution in [1.82, 2.24) is 10.3 Å². The molecule has 2 unspecified atom stereocenters. The van der Waals surface area contributed by atoms with E-state index in [-0.39, 0.29) is 17.6 Å². The van der Waals surface area contributed by atoms with Crippen LogP contribution in [0.25, 0.3) is 10.8 Å². The smallest absolute Gasteiger partial charge is 0.0818 e. The number of nitrogens with one attached hydrogen (secondary N) is 1. The van der Waals surface area contributed by atoms with Crippen molar-refractivity contribution in [2.45, 2.75) is 39.8 Å². The number of hydrogen-bond acceptors (Lipinski definition) is 3. The molecule has 3 heteroatoms. The Bertz CT molecular complexity index is 584. The first kappa shape index (κ1) is 15.9. The van der Waals surface area contributed by atoms with Gasteiger partial charge in [0.15, 0.2) is 0 Å². The zero-order chi connectivity index (χ0) is 15.5. The van der Waals surface area contributed by atoms with Crippen molar-refractivity contribution in [3.63, 3.8) is 0 Å². The van der Waals surface area contributed by atoms with Crippen LogP contribution in [0.2, 0.25) is 0 Å². The molecule has 2 aromatic rings. The van der Waals surface area contributed by atoms with Crippen LogP contribution in [0, 0.1) is 5.41 Å². The number of rotatable bonds is 5. The minimum atomic E-state index is 0.0423. The van der Waals surface area contributed by atoms with Gasteiger partial charge in [-0.15, -0.1) is 0 Å². The molecule has 2 atom stereocenters. The van der Waals surface area contributed by atoms with Crippen LogP contribution in [0.3, 0.4) is 0 Å². The van der Waals surface area contributed by atoms with E-state index in [4.69, 9.17) is 4.74 Å². The zero-order valence-corrected chi connectivity index (χ0v) is 13.7. The summed E-state index contributed by atoms with van der Waals surface area (Å²) in [6, 6.07) is 8.49. The Hall–Kier alpha value is -1.45. The predicted octanol–water partition coefficient (Wildman–Crippen LogP) is 3.95. The molecular weight excluding hydrogens is 260 g/mol. The first-order valence-corrected chi connectivity index (χ1v) is 7.60. The molecule has 1 aromatic heterocycles. The second-order valence-corrected chi connectivity index (χ2v) is 6.46. The Morgan fingerprint density at radius 3 is 2.52 bits per heavy atom. The van der Waals surface area contributed by atoms with Gasteiger partial charge in [-0.05, 0) is 30.3 Å². The van der Waals surface area contributed by atoms with Crippen LogP contribution in [0.15, 0.2) is 36.7 Å². The van der Waals surface area contributed by atoms with E-state index in [0.717, 1.165) is 0 Å². The maximum atomic E-state index is 6.07. The SMILES string of the molecule is CCOC(C(NC)c1cncc2ccccc12)C(C)(C)C. The van der Waals surface area contributed by atoms with E-state index < -0.39 is 0 Å². The highest BCUT2D eigenvalue weighted by Gasteiger charge is 2.34. The van der Waals surface area contributed by atoms with E-state index in [1.54, 1.807) is 0 Å². The molecular formula is C18H26N2O. The van der Waals surface area contributed by atoms with E-state index in [2.05, 4.69) is 49.3 Å². The van der Waals surface area contributed by atoms with Crippen molar-refractivity contribution >= 4 is 10.8 Å². The number of ether oxygens (including phenoxy) is 1. The monoisotopic (exact) mass is 286 g/mol. The predicted molar refractivity (Wildman–Crippen MR) is 88.4 cm³/mol. The largest absolute Gasteiger partial charge is 0.376 e. The van der Waals surface area contributed by atoms with E-state index >= 15 is 0 Å². The van der Waals surface area contributed by atoms with Gasteiger partial charge in [-0.1, -0.05) is 45.0 Å². The van der Waals surface area contributed by atoms with Crippen LogP contribution in [0.5, 0.6) is 0 Å². The molecule has 0 spiro atoms. The molecule has 0 saturated heterocycles. The van der Waals surface area contributed by atoms with Crippen molar-refractivity contribution in [2.24, 2.45) is 5.41 Å². The van der Waals surface area contributed by atoms with Gasteiger partial charge in [-0.2, -0.15) is 0 Å². The van der Waals surface area contributed by atoms with Crippen LogP contribution in [-0.2, 0) is 4.74 Å². The van der Waals surface area contributed by atoms with Crippen LogP contribution in [0.4, 0.5) is 0 Å². The number of pyridine rings is 1. The molecule has 114 valence electrons. The average molecular weight is 286 g/mol. The Kier molecular flexibility index (Phi) is 4.96. The number of benzene rings is 1. The number of fused-ring (bicyclic) bond motifs is 1. The highest BCUT2D eigenvalue weighted by Crippen LogP contribution is 2.35. The van der Waals surface area contributed by atoms with Gasteiger partial charge in [0.25, 0.3) is 0 Å². The summed E-state index contributed by atoms with van der Waals surface area (Å²) in [5.41, 5.74) is 1.24. The standard InChI is InChI=1S/C18H26N2O/c1-6-21-17(18(2,3)4)16(19-5)15-12-20-11-13-9-7-8-10-14(13)15/h7-12,16-17,19H,6H2,1-5H3. The van der Waals surface area contributed by atoms with Gasteiger partial charge in [-0.25, -0.2) is 0 Å². The number of aromatic nitrogens is 1. The minimum absolute atomic E-state index is 0.0423. The molecule has 0 saturated carbocycles. The van der Waals surface area contributed by atoms with Gasteiger partial charge in [0.05, 0.1) is 12.1 Å². The van der Waals surface area contributed by atoms with Gasteiger partial charge in [0, 0.05) is 24.4 Å². The molecule has 1 aromatic carbocycles. The molecule has 1 heterocycles. The molecule has 2 rings (SSSR count). The Balaban J connectivity index is 2.52. The summed E-state index contributed by atoms with van der Waals surface area (Å²) in [6.45, 7) is 9.41. The Morgan fingerprint density at radius 2 is 1.90 bits per heavy atom. The van der Waals surface area contributed by atoms with Crippen molar-refractivity contribution in [3.05, 3.63) is 42.2 Å². The zero-order valence-electron chi connectivity index (χ0n) is 13.7. The van der Waals surface area contributed by atoms with Crippen molar-refractivity contribution in [3.8, 4) is 0 Å². The third-order valence-electron chi connectivity index (χ3n) is 3.85. The number of nitrogens with zero attached hydrogens (tertiary/aromatic N) is 1. The van der Waals surface area contributed by atoms with Gasteiger partial charge in [-0.3, -0.25) is 4.98 Å². The fourth-order valence-electron chi connectivity index (χ4n) is 2.88. The molecule has 1 N–H and O–H groups in total. The third-order valence-corrected chi connectivity index (χ3v) is 3.85. The summed E-state index contributed by atoms with van der Waals surface area (Å²) in [5, 5.41) is 5.84. The molecule has 0 fully saturated rings. The van der Waals surface area contributed by atoms with Crippen molar-refractivity contribution < 1.29 is 4.74 Å². The quantitative estimate of drug-likeness (QED) is 0.903. The normalized spacial score (nSPS) is 15.1. The first-order valence-electron chi connectivity index (χ1n) is 7.60. The van der Waals surface area contributed by atoms with Gasteiger partial charge in [0.2, 0.25) is 0 Å². The molecule has 0 amide bonds. The topological polar surface area (TPSA) is 34.1 Å². The van der Waals surface area contributed by atoms with Crippen LogP contribution in [-0.4, -0.2) is 24.7 Å². The van der Waals surface area contributed by atoms with Crippen LogP contribution >= 0.6 is 0 Å². The van der Waals surface area contributed by atoms with E-state index in [1.807, 2.05) is 32.4 Å². The van der Waals surface area contributed by atoms with Crippen LogP contribution < -0.4 is 5.32 Å². The van der Waals surface area contributed by atoms with Gasteiger partial charge < -0.3 is 10.1 Å². The molecule has 3 nitrogen and oxygen atoms in total. The molecule has 0 bridgehead atoms. The van der Waals surface area contributed by atoms with E-state index in [0.29, 0.717) is 6.61 Å². The maximum Gasteiger partial charge on any atom is 0.0818 e. The van der Waals surface area contributed by atoms with Crippen molar-refractivity contribution in [1.29, 1.82) is 0 Å². The molecule has 0 aliphatic carbocycles. The summed E-state index contributed by atoms with van der Waals surface area (Å²) in [5.74, 6) is 0. The fourth-order valence-corrected chi connectivity index (χ4v) is 2.88. The lowest BCUT2D eigenvalue weighted by molar-refractivity contribution is -0.0348. The van der Waals surface area contributed by atoms with Gasteiger partial charge >= 0.3 is 0 Å². The second-order valence-electron chi connectivity index (χ2n) is 6.46. The fraction of sp³-hybridized carbons (Fsp3) is 0.500. The molecule has 0 aliphatic heterocycles. The highest BCUT2D eigenvalue weighted by molar-refractivity contribution is 5.85. The second kappa shape index (κ2) is 6.54. The molecule has 0 radical (unpaired) electrons. The highest BCUT2D eigenvalue weighted by atomic mass is 16.5. The first-order chi connectivity index (χ1) is 9.99. The lowest BCUT2D eigenvalue weighted by Gasteiger charge is -2.37. The summed E-state index contributed by atoms with van der Waals surface area (Å²) in [7, 11) is 1.99. The average Bonchev–Trinajstić information content (AvgIpc) is 2.46. The van der Waals surface area contributed by atoms with Crippen molar-refractivity contribution in [2.75, 3.05) is 13.7 Å². The summed E-state index contributed by atoms with van der Waals surface area (Å²) < 4.78 is 6.07. The number of likely N-dealkylation sites (N-methyl/N-ethyl adjacent to an activating group) is 1. The number of hydrogen-bond donors (Lipinski definition) is 1. The maximum absolute atomic E-state index is 6.07. The Morgan fingerprint density at radius 1 is 1.19 bits per heavy atom. The molecule has 0 aliphatic rings. The lowest BCUT2D eigenvalue weighted by Crippen LogP contribution is -2.41. The summed E-state index contributed by atoms with van der Waals surface area (Å²) >= 11 is 0. The van der Waals surface area contributed by atoms with E-state index in [9.17, 15) is 0 Å².